The Morgan fingerprint density at radius 2 is 1.06 bits per heavy atom. The van der Waals surface area contributed by atoms with Gasteiger partial charge in [-0.3, -0.25) is 4.57 Å². The molecule has 0 N–H and O–H groups in total. The van der Waals surface area contributed by atoms with Crippen molar-refractivity contribution in [2.45, 2.75) is 38.0 Å². The highest BCUT2D eigenvalue weighted by Crippen LogP contribution is 2.38. The van der Waals surface area contributed by atoms with Crippen molar-refractivity contribution >= 4 is 21.8 Å². The van der Waals surface area contributed by atoms with Crippen molar-refractivity contribution in [1.29, 1.82) is 0 Å². The third-order valence-electron chi connectivity index (χ3n) is 10.0. The minimum atomic E-state index is 0.502. The van der Waals surface area contributed by atoms with E-state index < -0.39 is 0 Å². The van der Waals surface area contributed by atoms with Crippen LogP contribution >= 0.6 is 0 Å². The van der Waals surface area contributed by atoms with Crippen LogP contribution in [0, 0.1) is 0 Å². The van der Waals surface area contributed by atoms with Gasteiger partial charge < -0.3 is 0 Å². The summed E-state index contributed by atoms with van der Waals surface area (Å²) < 4.78 is 2.40. The van der Waals surface area contributed by atoms with Crippen LogP contribution in [0.15, 0.2) is 152 Å². The number of imidazole rings is 1. The third kappa shape index (κ3) is 5.49. The van der Waals surface area contributed by atoms with Crippen LogP contribution in [0.25, 0.3) is 72.5 Å². The normalized spacial score (nSPS) is 13.6. The molecule has 0 radical (unpaired) electrons. The molecular formula is C45H36N4. The summed E-state index contributed by atoms with van der Waals surface area (Å²) in [5.74, 6) is 2.43. The Morgan fingerprint density at radius 1 is 0.469 bits per heavy atom. The minimum absolute atomic E-state index is 0.502. The van der Waals surface area contributed by atoms with Crippen LogP contribution in [0.3, 0.4) is 0 Å². The highest BCUT2D eigenvalue weighted by Gasteiger charge is 2.23. The molecule has 1 aliphatic carbocycles. The molecule has 8 aromatic rings. The molecule has 0 saturated heterocycles. The SMILES string of the molecule is c1ccc(-c2cc(-c3ccccc3)nc(-c3cccc4c(-c5ccc(-n6c(C7CCCCC7)nc7ccccc76)cc5)cccc34)n2)cc1. The lowest BCUT2D eigenvalue weighted by Gasteiger charge is -2.22. The summed E-state index contributed by atoms with van der Waals surface area (Å²) in [4.78, 5) is 15.5. The van der Waals surface area contributed by atoms with E-state index in [1.54, 1.807) is 0 Å². The van der Waals surface area contributed by atoms with Crippen molar-refractivity contribution < 1.29 is 0 Å². The first kappa shape index (κ1) is 29.3. The molecule has 1 fully saturated rings. The standard InChI is InChI=1S/C45H36N4/c1-4-14-32(15-5-1)41-30-42(33-16-6-2-7-17-33)47-44(46-41)39-23-13-21-37-36(20-12-22-38(37)39)31-26-28-35(29-27-31)49-43-25-11-10-24-40(43)48-45(49)34-18-8-3-9-19-34/h1-2,4-7,10-17,20-30,34H,3,8-9,18-19H2. The molecule has 2 aromatic heterocycles. The zero-order valence-corrected chi connectivity index (χ0v) is 27.3. The van der Waals surface area contributed by atoms with Gasteiger partial charge in [-0.25, -0.2) is 15.0 Å². The molecule has 4 nitrogen and oxygen atoms in total. The van der Waals surface area contributed by atoms with Crippen LogP contribution in [0.1, 0.15) is 43.8 Å². The first-order valence-corrected chi connectivity index (χ1v) is 17.4. The van der Waals surface area contributed by atoms with Gasteiger partial charge in [-0.15, -0.1) is 0 Å². The molecule has 1 saturated carbocycles. The Balaban J connectivity index is 1.14. The van der Waals surface area contributed by atoms with Gasteiger partial charge in [0.2, 0.25) is 0 Å². The van der Waals surface area contributed by atoms with Gasteiger partial charge in [-0.1, -0.05) is 141 Å². The van der Waals surface area contributed by atoms with E-state index in [9.17, 15) is 0 Å². The number of aromatic nitrogens is 4. The summed E-state index contributed by atoms with van der Waals surface area (Å²) in [7, 11) is 0. The Kier molecular flexibility index (Phi) is 7.55. The average Bonchev–Trinajstić information content (AvgIpc) is 3.58. The number of benzene rings is 6. The molecule has 2 heterocycles. The maximum atomic E-state index is 5.17. The van der Waals surface area contributed by atoms with Crippen LogP contribution in [0.2, 0.25) is 0 Å². The van der Waals surface area contributed by atoms with Crippen LogP contribution in [0.5, 0.6) is 0 Å². The number of nitrogens with zero attached hydrogens (tertiary/aromatic N) is 4. The van der Waals surface area contributed by atoms with Crippen molar-refractivity contribution in [2.75, 3.05) is 0 Å². The highest BCUT2D eigenvalue weighted by atomic mass is 15.1. The third-order valence-corrected chi connectivity index (χ3v) is 10.0. The van der Waals surface area contributed by atoms with Gasteiger partial charge in [0.25, 0.3) is 0 Å². The second-order valence-corrected chi connectivity index (χ2v) is 13.1. The Bertz CT molecular complexity index is 2350. The van der Waals surface area contributed by atoms with E-state index in [1.807, 2.05) is 12.1 Å². The quantitative estimate of drug-likeness (QED) is 0.183. The molecule has 49 heavy (non-hydrogen) atoms. The molecule has 0 atom stereocenters. The Hall–Kier alpha value is -5.87. The van der Waals surface area contributed by atoms with E-state index in [-0.39, 0.29) is 0 Å². The fourth-order valence-corrected chi connectivity index (χ4v) is 7.58. The fraction of sp³-hybridized carbons (Fsp3) is 0.133. The van der Waals surface area contributed by atoms with Crippen LogP contribution in [-0.4, -0.2) is 19.5 Å². The molecule has 0 spiro atoms. The van der Waals surface area contributed by atoms with E-state index >= 15 is 0 Å². The van der Waals surface area contributed by atoms with E-state index in [0.29, 0.717) is 5.92 Å². The molecule has 0 amide bonds. The number of fused-ring (bicyclic) bond motifs is 2. The number of hydrogen-bond acceptors (Lipinski definition) is 3. The number of hydrogen-bond donors (Lipinski definition) is 0. The van der Waals surface area contributed by atoms with Crippen LogP contribution in [-0.2, 0) is 0 Å². The molecule has 0 bridgehead atoms. The first-order valence-electron chi connectivity index (χ1n) is 17.4. The second-order valence-electron chi connectivity index (χ2n) is 13.1. The Morgan fingerprint density at radius 3 is 1.73 bits per heavy atom. The number of para-hydroxylation sites is 2. The van der Waals surface area contributed by atoms with Gasteiger partial charge in [0.1, 0.15) is 5.82 Å². The molecule has 9 rings (SSSR count). The van der Waals surface area contributed by atoms with Crippen molar-refractivity contribution in [3.8, 4) is 50.7 Å². The minimum Gasteiger partial charge on any atom is -0.296 e. The lowest BCUT2D eigenvalue weighted by molar-refractivity contribution is 0.426. The molecule has 6 aromatic carbocycles. The zero-order valence-electron chi connectivity index (χ0n) is 27.3. The van der Waals surface area contributed by atoms with E-state index in [1.165, 1.54) is 65.6 Å². The highest BCUT2D eigenvalue weighted by molar-refractivity contribution is 6.03. The lowest BCUT2D eigenvalue weighted by atomic mass is 9.88. The van der Waals surface area contributed by atoms with Gasteiger partial charge in [0, 0.05) is 28.3 Å². The monoisotopic (exact) mass is 632 g/mol. The number of rotatable bonds is 6. The van der Waals surface area contributed by atoms with E-state index in [2.05, 4.69) is 144 Å². The fourth-order valence-electron chi connectivity index (χ4n) is 7.58. The largest absolute Gasteiger partial charge is 0.296 e. The summed E-state index contributed by atoms with van der Waals surface area (Å²) in [6.07, 6.45) is 6.32. The van der Waals surface area contributed by atoms with E-state index in [4.69, 9.17) is 15.0 Å². The van der Waals surface area contributed by atoms with Crippen molar-refractivity contribution in [1.82, 2.24) is 19.5 Å². The molecule has 4 heteroatoms. The predicted molar refractivity (Wildman–Crippen MR) is 202 cm³/mol. The zero-order chi connectivity index (χ0) is 32.6. The maximum Gasteiger partial charge on any atom is 0.161 e. The Labute approximate surface area is 286 Å². The first-order chi connectivity index (χ1) is 24.3. The molecule has 1 aliphatic rings. The van der Waals surface area contributed by atoms with Gasteiger partial charge in [-0.2, -0.15) is 0 Å². The summed E-state index contributed by atoms with van der Waals surface area (Å²) in [6, 6.07) is 53.5. The predicted octanol–water partition coefficient (Wildman–Crippen LogP) is 11.7. The summed E-state index contributed by atoms with van der Waals surface area (Å²) in [5, 5.41) is 2.31. The summed E-state index contributed by atoms with van der Waals surface area (Å²) >= 11 is 0. The van der Waals surface area contributed by atoms with Crippen LogP contribution < -0.4 is 0 Å². The molecule has 0 aliphatic heterocycles. The average molecular weight is 633 g/mol. The van der Waals surface area contributed by atoms with Gasteiger partial charge in [0.15, 0.2) is 5.82 Å². The summed E-state index contributed by atoms with van der Waals surface area (Å²) in [6.45, 7) is 0. The van der Waals surface area contributed by atoms with Crippen molar-refractivity contribution in [3.63, 3.8) is 0 Å². The smallest absolute Gasteiger partial charge is 0.161 e. The molecular weight excluding hydrogens is 597 g/mol. The lowest BCUT2D eigenvalue weighted by Crippen LogP contribution is -2.11. The van der Waals surface area contributed by atoms with Crippen molar-refractivity contribution in [2.24, 2.45) is 0 Å². The van der Waals surface area contributed by atoms with Gasteiger partial charge >= 0.3 is 0 Å². The topological polar surface area (TPSA) is 43.6 Å². The van der Waals surface area contributed by atoms with E-state index in [0.717, 1.165) is 44.8 Å². The van der Waals surface area contributed by atoms with Crippen molar-refractivity contribution in [3.05, 3.63) is 157 Å². The second kappa shape index (κ2) is 12.6. The summed E-state index contributed by atoms with van der Waals surface area (Å²) in [5.41, 5.74) is 10.8. The van der Waals surface area contributed by atoms with Gasteiger partial charge in [0.05, 0.1) is 22.4 Å². The van der Waals surface area contributed by atoms with Crippen LogP contribution in [0.4, 0.5) is 0 Å². The molecule has 0 unspecified atom stereocenters. The maximum absolute atomic E-state index is 5.17. The van der Waals surface area contributed by atoms with Gasteiger partial charge in [-0.05, 0) is 65.1 Å². The molecule has 236 valence electrons.